The van der Waals surface area contributed by atoms with Crippen molar-refractivity contribution in [2.24, 2.45) is 0 Å². The summed E-state index contributed by atoms with van der Waals surface area (Å²) < 4.78 is 11.6. The molecule has 1 heterocycles. The molecule has 22 heavy (non-hydrogen) atoms. The van der Waals surface area contributed by atoms with Crippen LogP contribution < -0.4 is 20.1 Å². The first-order valence-electron chi connectivity index (χ1n) is 7.71. The molecule has 1 unspecified atom stereocenters. The van der Waals surface area contributed by atoms with Gasteiger partial charge in [0.15, 0.2) is 0 Å². The second kappa shape index (κ2) is 6.60. The normalized spacial score (nSPS) is 16.8. The molecule has 2 aromatic carbocycles. The molecule has 0 bridgehead atoms. The molecule has 0 aliphatic carbocycles. The van der Waals surface area contributed by atoms with Crippen molar-refractivity contribution in [1.82, 2.24) is 0 Å². The van der Waals surface area contributed by atoms with Crippen LogP contribution in [0.1, 0.15) is 13.3 Å². The summed E-state index contributed by atoms with van der Waals surface area (Å²) in [6, 6.07) is 15.8. The van der Waals surface area contributed by atoms with Gasteiger partial charge in [-0.1, -0.05) is 18.2 Å². The zero-order valence-corrected chi connectivity index (χ0v) is 12.9. The highest BCUT2D eigenvalue weighted by molar-refractivity contribution is 5.65. The highest BCUT2D eigenvalue weighted by Gasteiger charge is 2.22. The minimum Gasteiger partial charge on any atom is -0.494 e. The summed E-state index contributed by atoms with van der Waals surface area (Å²) in [6.45, 7) is 4.62. The van der Waals surface area contributed by atoms with Gasteiger partial charge in [-0.05, 0) is 37.6 Å². The lowest BCUT2D eigenvalue weighted by Crippen LogP contribution is -2.39. The van der Waals surface area contributed by atoms with E-state index < -0.39 is 0 Å². The van der Waals surface area contributed by atoms with Gasteiger partial charge in [0.1, 0.15) is 17.6 Å². The number of anilines is 2. The third kappa shape index (κ3) is 3.45. The van der Waals surface area contributed by atoms with E-state index in [1.54, 1.807) is 0 Å². The van der Waals surface area contributed by atoms with Crippen molar-refractivity contribution in [1.29, 1.82) is 0 Å². The van der Waals surface area contributed by atoms with E-state index in [-0.39, 0.29) is 6.10 Å². The highest BCUT2D eigenvalue weighted by atomic mass is 16.5. The molecule has 1 aliphatic heterocycles. The first-order chi connectivity index (χ1) is 10.7. The van der Waals surface area contributed by atoms with E-state index in [1.807, 2.05) is 48.5 Å². The second-order valence-electron chi connectivity index (χ2n) is 5.62. The molecule has 0 saturated heterocycles. The number of benzene rings is 2. The molecule has 2 aromatic rings. The molecule has 0 aromatic heterocycles. The van der Waals surface area contributed by atoms with E-state index in [1.165, 1.54) is 0 Å². The van der Waals surface area contributed by atoms with Crippen LogP contribution in [0.4, 0.5) is 11.4 Å². The van der Waals surface area contributed by atoms with Crippen molar-refractivity contribution in [3.05, 3.63) is 48.5 Å². The Hall–Kier alpha value is -2.36. The van der Waals surface area contributed by atoms with E-state index in [4.69, 9.17) is 15.2 Å². The van der Waals surface area contributed by atoms with Crippen molar-refractivity contribution in [2.75, 3.05) is 30.3 Å². The van der Waals surface area contributed by atoms with Gasteiger partial charge in [-0.3, -0.25) is 0 Å². The molecule has 1 aliphatic rings. The molecular weight excluding hydrogens is 276 g/mol. The second-order valence-corrected chi connectivity index (χ2v) is 5.62. The quantitative estimate of drug-likeness (QED) is 0.679. The van der Waals surface area contributed by atoms with Gasteiger partial charge < -0.3 is 20.1 Å². The number of ether oxygens (including phenoxy) is 2. The summed E-state index contributed by atoms with van der Waals surface area (Å²) in [5, 5.41) is 0. The summed E-state index contributed by atoms with van der Waals surface area (Å²) in [6.07, 6.45) is 1.13. The molecule has 0 amide bonds. The Labute approximate surface area is 131 Å². The summed E-state index contributed by atoms with van der Waals surface area (Å²) >= 11 is 0. The van der Waals surface area contributed by atoms with E-state index in [9.17, 15) is 0 Å². The fraction of sp³-hybridized carbons (Fsp3) is 0.333. The van der Waals surface area contributed by atoms with Crippen molar-refractivity contribution in [3.63, 3.8) is 0 Å². The van der Waals surface area contributed by atoms with E-state index >= 15 is 0 Å². The van der Waals surface area contributed by atoms with Crippen LogP contribution in [0.25, 0.3) is 0 Å². The highest BCUT2D eigenvalue weighted by Crippen LogP contribution is 2.35. The van der Waals surface area contributed by atoms with Gasteiger partial charge in [0.05, 0.1) is 18.8 Å². The smallest absolute Gasteiger partial charge is 0.145 e. The summed E-state index contributed by atoms with van der Waals surface area (Å²) in [5.74, 6) is 1.80. The Balaban J connectivity index is 1.57. The van der Waals surface area contributed by atoms with Crippen LogP contribution in [0, 0.1) is 0 Å². The number of hydrogen-bond acceptors (Lipinski definition) is 4. The number of rotatable bonds is 5. The summed E-state index contributed by atoms with van der Waals surface area (Å²) in [5.41, 5.74) is 7.69. The van der Waals surface area contributed by atoms with Crippen molar-refractivity contribution in [2.45, 2.75) is 19.4 Å². The first kappa shape index (κ1) is 14.6. The van der Waals surface area contributed by atoms with Gasteiger partial charge in [0, 0.05) is 18.3 Å². The van der Waals surface area contributed by atoms with Gasteiger partial charge in [0.2, 0.25) is 0 Å². The maximum atomic E-state index is 5.87. The Morgan fingerprint density at radius 1 is 1.23 bits per heavy atom. The van der Waals surface area contributed by atoms with E-state index in [0.717, 1.165) is 42.4 Å². The summed E-state index contributed by atoms with van der Waals surface area (Å²) in [4.78, 5) is 2.34. The predicted octanol–water partition coefficient (Wildman–Crippen LogP) is 3.33. The average Bonchev–Trinajstić information content (AvgIpc) is 2.52. The minimum atomic E-state index is 0.171. The number of fused-ring (bicyclic) bond motifs is 1. The molecule has 116 valence electrons. The Bertz CT molecular complexity index is 616. The zero-order valence-electron chi connectivity index (χ0n) is 12.9. The number of nitrogens with two attached hydrogens (primary N) is 1. The van der Waals surface area contributed by atoms with Crippen LogP contribution in [0.2, 0.25) is 0 Å². The Morgan fingerprint density at radius 3 is 2.86 bits per heavy atom. The van der Waals surface area contributed by atoms with Crippen LogP contribution in [-0.2, 0) is 0 Å². The number of nitrogens with zero attached hydrogens (tertiary/aromatic N) is 1. The van der Waals surface area contributed by atoms with Gasteiger partial charge >= 0.3 is 0 Å². The lowest BCUT2D eigenvalue weighted by Gasteiger charge is -2.35. The topological polar surface area (TPSA) is 47.7 Å². The molecule has 0 spiro atoms. The predicted molar refractivity (Wildman–Crippen MR) is 89.7 cm³/mol. The van der Waals surface area contributed by atoms with Gasteiger partial charge in [-0.25, -0.2) is 0 Å². The monoisotopic (exact) mass is 298 g/mol. The van der Waals surface area contributed by atoms with E-state index in [2.05, 4.69) is 11.8 Å². The molecule has 1 atom stereocenters. The largest absolute Gasteiger partial charge is 0.494 e. The van der Waals surface area contributed by atoms with Gasteiger partial charge in [0.25, 0.3) is 0 Å². The van der Waals surface area contributed by atoms with Gasteiger partial charge in [-0.2, -0.15) is 0 Å². The molecule has 3 rings (SSSR count). The number of hydrogen-bond donors (Lipinski definition) is 1. The van der Waals surface area contributed by atoms with E-state index in [0.29, 0.717) is 6.61 Å². The standard InChI is InChI=1S/C18H22N2O2/c1-14-13-20(17-9-8-15(19)12-18(17)22-14)10-5-11-21-16-6-3-2-4-7-16/h2-4,6-9,12,14H,5,10-11,13,19H2,1H3. The summed E-state index contributed by atoms with van der Waals surface area (Å²) in [7, 11) is 0. The molecular formula is C18H22N2O2. The third-order valence-corrected chi connectivity index (χ3v) is 3.71. The third-order valence-electron chi connectivity index (χ3n) is 3.71. The maximum Gasteiger partial charge on any atom is 0.145 e. The van der Waals surface area contributed by atoms with Crippen molar-refractivity contribution in [3.8, 4) is 11.5 Å². The van der Waals surface area contributed by atoms with Crippen molar-refractivity contribution >= 4 is 11.4 Å². The minimum absolute atomic E-state index is 0.171. The zero-order chi connectivity index (χ0) is 15.4. The SMILES string of the molecule is CC1CN(CCCOc2ccccc2)c2ccc(N)cc2O1. The van der Waals surface area contributed by atoms with Crippen LogP contribution in [0.3, 0.4) is 0 Å². The molecule has 0 radical (unpaired) electrons. The molecule has 4 heteroatoms. The van der Waals surface area contributed by atoms with Crippen LogP contribution in [-0.4, -0.2) is 25.8 Å². The number of para-hydroxylation sites is 1. The number of nitrogen functional groups attached to an aromatic ring is 1. The first-order valence-corrected chi connectivity index (χ1v) is 7.71. The maximum absolute atomic E-state index is 5.87. The fourth-order valence-electron chi connectivity index (χ4n) is 2.72. The Morgan fingerprint density at radius 2 is 2.05 bits per heavy atom. The molecule has 2 N–H and O–H groups in total. The van der Waals surface area contributed by atoms with Crippen molar-refractivity contribution < 1.29 is 9.47 Å². The molecule has 0 saturated carbocycles. The lowest BCUT2D eigenvalue weighted by molar-refractivity contribution is 0.211. The molecule has 4 nitrogen and oxygen atoms in total. The molecule has 0 fully saturated rings. The van der Waals surface area contributed by atoms with Crippen LogP contribution in [0.5, 0.6) is 11.5 Å². The Kier molecular flexibility index (Phi) is 4.37. The fourth-order valence-corrected chi connectivity index (χ4v) is 2.72. The average molecular weight is 298 g/mol. The van der Waals surface area contributed by atoms with Crippen LogP contribution in [0.15, 0.2) is 48.5 Å². The lowest BCUT2D eigenvalue weighted by atomic mass is 10.1. The van der Waals surface area contributed by atoms with Crippen LogP contribution >= 0.6 is 0 Å². The van der Waals surface area contributed by atoms with Gasteiger partial charge in [-0.15, -0.1) is 0 Å².